The Bertz CT molecular complexity index is 903. The molecular weight excluding hydrogens is 450 g/mol. The van der Waals surface area contributed by atoms with Crippen LogP contribution in [0.25, 0.3) is 0 Å². The van der Waals surface area contributed by atoms with Crippen LogP contribution in [-0.2, 0) is 29.0 Å². The number of fused-ring (bicyclic) bond motifs is 2. The van der Waals surface area contributed by atoms with Gasteiger partial charge in [0.1, 0.15) is 17.7 Å². The van der Waals surface area contributed by atoms with E-state index in [0.717, 1.165) is 4.90 Å². The number of hydrogen-bond donors (Lipinski definition) is 3. The second-order valence-corrected chi connectivity index (χ2v) is 9.82. The number of ether oxygens (including phenoxy) is 1. The number of amides is 5. The molecule has 0 spiro atoms. The van der Waals surface area contributed by atoms with Gasteiger partial charge in [0, 0.05) is 13.1 Å². The predicted octanol–water partition coefficient (Wildman–Crippen LogP) is -0.464. The number of urea groups is 1. The fourth-order valence-electron chi connectivity index (χ4n) is 3.97. The van der Waals surface area contributed by atoms with Crippen LogP contribution in [0.3, 0.4) is 0 Å². The van der Waals surface area contributed by atoms with Crippen LogP contribution in [0.1, 0.15) is 46.5 Å². The van der Waals surface area contributed by atoms with Crippen molar-refractivity contribution >= 4 is 34.3 Å². The van der Waals surface area contributed by atoms with Gasteiger partial charge in [-0.3, -0.25) is 29.9 Å². The zero-order valence-electron chi connectivity index (χ0n) is 17.9. The van der Waals surface area contributed by atoms with Crippen LogP contribution in [0, 0.1) is 0 Å². The lowest BCUT2D eigenvalue weighted by Gasteiger charge is -2.30. The number of nitrogens with one attached hydrogen (secondary N) is 2. The van der Waals surface area contributed by atoms with Crippen molar-refractivity contribution in [3.8, 4) is 0 Å². The third-order valence-corrected chi connectivity index (χ3v) is 5.64. The normalized spacial score (nSPS) is 25.7. The lowest BCUT2D eigenvalue weighted by molar-refractivity contribution is -0.133. The molecule has 0 aromatic heterocycles. The minimum absolute atomic E-state index is 0.0232. The van der Waals surface area contributed by atoms with Crippen LogP contribution in [0.4, 0.5) is 9.59 Å². The van der Waals surface area contributed by atoms with Crippen molar-refractivity contribution in [1.82, 2.24) is 25.7 Å². The first-order valence-electron chi connectivity index (χ1n) is 10.1. The summed E-state index contributed by atoms with van der Waals surface area (Å²) in [5, 5.41) is 0.526. The average molecular weight is 477 g/mol. The average Bonchev–Trinajstić information content (AvgIpc) is 3.24. The number of hydrazine groups is 1. The maximum Gasteiger partial charge on any atom is 0.418 e. The number of hydroxylamine groups is 2. The minimum atomic E-state index is -4.89. The first-order chi connectivity index (χ1) is 14.8. The number of piperidine rings is 1. The van der Waals surface area contributed by atoms with Gasteiger partial charge in [0.2, 0.25) is 0 Å². The molecule has 3 heterocycles. The van der Waals surface area contributed by atoms with Gasteiger partial charge < -0.3 is 9.64 Å². The Morgan fingerprint density at radius 3 is 2.28 bits per heavy atom. The van der Waals surface area contributed by atoms with E-state index >= 15 is 0 Å². The van der Waals surface area contributed by atoms with Crippen LogP contribution in [0.5, 0.6) is 0 Å². The van der Waals surface area contributed by atoms with E-state index < -0.39 is 58.1 Å². The Morgan fingerprint density at radius 2 is 1.69 bits per heavy atom. The molecule has 3 atom stereocenters. The van der Waals surface area contributed by atoms with E-state index in [-0.39, 0.29) is 19.4 Å². The van der Waals surface area contributed by atoms with Crippen molar-refractivity contribution in [3.63, 3.8) is 0 Å². The molecule has 32 heavy (non-hydrogen) atoms. The van der Waals surface area contributed by atoms with E-state index in [9.17, 15) is 27.6 Å². The number of rotatable bonds is 4. The largest absolute Gasteiger partial charge is 0.444 e. The molecule has 3 rings (SSSR count). The van der Waals surface area contributed by atoms with Crippen molar-refractivity contribution in [2.75, 3.05) is 13.1 Å². The van der Waals surface area contributed by atoms with E-state index in [1.165, 1.54) is 4.90 Å². The van der Waals surface area contributed by atoms with Gasteiger partial charge in [-0.2, -0.15) is 13.5 Å². The fourth-order valence-corrected chi connectivity index (χ4v) is 4.36. The maximum atomic E-state index is 12.6. The standard InChI is InChI=1S/C17H27N5O9S/c1-17(2,3)30-16(26)20-8-4-5-11(20)13(23)18-19-14(24)12-7-6-10-9-21(12)15(25)22(10)31-32(27,28)29/h10-12H,4-9H2,1-3H3,(H,18,23)(H,19,24)(H,27,28,29)/t10-,11?,12+/m1/s1. The van der Waals surface area contributed by atoms with Gasteiger partial charge in [0.25, 0.3) is 11.8 Å². The molecular formula is C17H27N5O9S. The van der Waals surface area contributed by atoms with Gasteiger partial charge >= 0.3 is 22.5 Å². The number of carbonyl (C=O) groups is 4. The molecule has 180 valence electrons. The summed E-state index contributed by atoms with van der Waals surface area (Å²) in [6.07, 6.45) is 0.816. The maximum absolute atomic E-state index is 12.6. The van der Waals surface area contributed by atoms with Gasteiger partial charge in [-0.1, -0.05) is 0 Å². The van der Waals surface area contributed by atoms with E-state index in [2.05, 4.69) is 15.1 Å². The molecule has 3 N–H and O–H groups in total. The van der Waals surface area contributed by atoms with Crippen LogP contribution in [0.2, 0.25) is 0 Å². The lowest BCUT2D eigenvalue weighted by atomic mass is 10.0. The molecule has 0 aromatic rings. The SMILES string of the molecule is CC(C)(C)OC(=O)N1CCCC1C(=O)NNC(=O)[C@@H]1CC[C@@H]2CN1C(=O)N2OS(=O)(=O)O. The van der Waals surface area contributed by atoms with Crippen molar-refractivity contribution in [2.24, 2.45) is 0 Å². The minimum Gasteiger partial charge on any atom is -0.444 e. The highest BCUT2D eigenvalue weighted by molar-refractivity contribution is 7.80. The third-order valence-electron chi connectivity index (χ3n) is 5.29. The van der Waals surface area contributed by atoms with E-state index in [4.69, 9.17) is 9.29 Å². The summed E-state index contributed by atoms with van der Waals surface area (Å²) in [7, 11) is -4.89. The Morgan fingerprint density at radius 1 is 1.06 bits per heavy atom. The highest BCUT2D eigenvalue weighted by atomic mass is 32.3. The summed E-state index contributed by atoms with van der Waals surface area (Å²) < 4.78 is 40.4. The second-order valence-electron chi connectivity index (χ2n) is 8.82. The van der Waals surface area contributed by atoms with Crippen LogP contribution in [-0.4, -0.2) is 88.6 Å². The molecule has 0 radical (unpaired) electrons. The second kappa shape index (κ2) is 8.71. The van der Waals surface area contributed by atoms with Gasteiger partial charge in [-0.15, -0.1) is 4.28 Å². The number of hydrogen-bond acceptors (Lipinski definition) is 8. The fraction of sp³-hybridized carbons (Fsp3) is 0.765. The Balaban J connectivity index is 1.56. The molecule has 0 aromatic carbocycles. The first-order valence-corrected chi connectivity index (χ1v) is 11.5. The quantitative estimate of drug-likeness (QED) is 0.357. The molecule has 5 amide bonds. The first kappa shape index (κ1) is 24.0. The molecule has 2 bridgehead atoms. The third kappa shape index (κ3) is 5.39. The van der Waals surface area contributed by atoms with E-state index in [1.54, 1.807) is 20.8 Å². The van der Waals surface area contributed by atoms with Gasteiger partial charge in [-0.05, 0) is 46.5 Å². The van der Waals surface area contributed by atoms with Gasteiger partial charge in [0.05, 0.1) is 6.04 Å². The highest BCUT2D eigenvalue weighted by Gasteiger charge is 2.49. The molecule has 1 unspecified atom stereocenters. The summed E-state index contributed by atoms with van der Waals surface area (Å²) in [6.45, 7) is 5.51. The predicted molar refractivity (Wildman–Crippen MR) is 106 cm³/mol. The van der Waals surface area contributed by atoms with Crippen LogP contribution < -0.4 is 10.9 Å². The van der Waals surface area contributed by atoms with Crippen molar-refractivity contribution in [3.05, 3.63) is 0 Å². The number of carbonyl (C=O) groups excluding carboxylic acids is 4. The molecule has 15 heteroatoms. The smallest absolute Gasteiger partial charge is 0.418 e. The topological polar surface area (TPSA) is 175 Å². The van der Waals surface area contributed by atoms with Crippen LogP contribution in [0.15, 0.2) is 0 Å². The molecule has 0 saturated carbocycles. The van der Waals surface area contributed by atoms with Crippen molar-refractivity contribution in [2.45, 2.75) is 70.2 Å². The Labute approximate surface area is 185 Å². The molecule has 3 fully saturated rings. The van der Waals surface area contributed by atoms with Crippen molar-refractivity contribution in [1.29, 1.82) is 0 Å². The molecule has 3 saturated heterocycles. The molecule has 0 aliphatic carbocycles. The van der Waals surface area contributed by atoms with Crippen LogP contribution >= 0.6 is 0 Å². The monoisotopic (exact) mass is 477 g/mol. The lowest BCUT2D eigenvalue weighted by Crippen LogP contribution is -2.57. The molecule has 14 nitrogen and oxygen atoms in total. The summed E-state index contributed by atoms with van der Waals surface area (Å²) in [5.41, 5.74) is 3.83. The van der Waals surface area contributed by atoms with E-state index in [1.807, 2.05) is 0 Å². The highest BCUT2D eigenvalue weighted by Crippen LogP contribution is 2.30. The van der Waals surface area contributed by atoms with Gasteiger partial charge in [0.15, 0.2) is 0 Å². The van der Waals surface area contributed by atoms with E-state index in [0.29, 0.717) is 24.4 Å². The molecule has 3 aliphatic heterocycles. The Kier molecular flexibility index (Phi) is 6.53. The zero-order chi connectivity index (χ0) is 23.8. The van der Waals surface area contributed by atoms with Crippen molar-refractivity contribution < 1.29 is 41.2 Å². The summed E-state index contributed by atoms with van der Waals surface area (Å²) >= 11 is 0. The number of nitrogens with zero attached hydrogens (tertiary/aromatic N) is 3. The molecule has 3 aliphatic rings. The Hall–Kier alpha value is -2.65. The number of likely N-dealkylation sites (tertiary alicyclic amines) is 1. The summed E-state index contributed by atoms with van der Waals surface area (Å²) in [6, 6.07) is -3.31. The van der Waals surface area contributed by atoms with Gasteiger partial charge in [-0.25, -0.2) is 9.59 Å². The summed E-state index contributed by atoms with van der Waals surface area (Å²) in [4.78, 5) is 52.3. The zero-order valence-corrected chi connectivity index (χ0v) is 18.8. The summed E-state index contributed by atoms with van der Waals surface area (Å²) in [5.74, 6) is -1.28.